The molecule has 2 aromatic rings. The summed E-state index contributed by atoms with van der Waals surface area (Å²) in [5, 5.41) is 0.0747. The van der Waals surface area contributed by atoms with Crippen LogP contribution in [0.25, 0.3) is 11.3 Å². The Balaban J connectivity index is 2.50. The molecule has 0 aliphatic heterocycles. The molecule has 0 unspecified atom stereocenters. The highest BCUT2D eigenvalue weighted by molar-refractivity contribution is 6.30. The van der Waals surface area contributed by atoms with E-state index in [0.29, 0.717) is 17.0 Å². The van der Waals surface area contributed by atoms with Crippen molar-refractivity contribution in [1.29, 1.82) is 0 Å². The van der Waals surface area contributed by atoms with Crippen LogP contribution in [0.5, 0.6) is 0 Å². The number of oxazole rings is 1. The van der Waals surface area contributed by atoms with E-state index in [9.17, 15) is 4.39 Å². The minimum atomic E-state index is -0.494. The number of rotatable bonds is 2. The lowest BCUT2D eigenvalue weighted by Crippen LogP contribution is -1.85. The zero-order valence-corrected chi connectivity index (χ0v) is 9.02. The highest BCUT2D eigenvalue weighted by atomic mass is 35.5. The van der Waals surface area contributed by atoms with Crippen molar-refractivity contribution in [3.05, 3.63) is 41.1 Å². The summed E-state index contributed by atoms with van der Waals surface area (Å²) in [7, 11) is 0. The van der Waals surface area contributed by atoms with Gasteiger partial charge in [-0.15, -0.1) is 11.6 Å². The van der Waals surface area contributed by atoms with E-state index in [0.717, 1.165) is 0 Å². The lowest BCUT2D eigenvalue weighted by molar-refractivity contribution is 0.569. The smallest absolute Gasteiger partial charge is 0.181 e. The number of halogens is 3. The van der Waals surface area contributed by atoms with Gasteiger partial charge in [-0.3, -0.25) is 0 Å². The molecule has 15 heavy (non-hydrogen) atoms. The first kappa shape index (κ1) is 10.5. The summed E-state index contributed by atoms with van der Waals surface area (Å²) < 4.78 is 18.3. The summed E-state index contributed by atoms with van der Waals surface area (Å²) in [6, 6.07) is 4.41. The summed E-state index contributed by atoms with van der Waals surface area (Å²) in [6.45, 7) is 0. The fourth-order valence-corrected chi connectivity index (χ4v) is 1.54. The van der Waals surface area contributed by atoms with Crippen LogP contribution in [0, 0.1) is 5.82 Å². The highest BCUT2D eigenvalue weighted by Crippen LogP contribution is 2.27. The number of nitrogens with zero attached hydrogens (tertiary/aromatic N) is 1. The van der Waals surface area contributed by atoms with Crippen LogP contribution in [-0.4, -0.2) is 4.98 Å². The fraction of sp³-hybridized carbons (Fsp3) is 0.100. The molecule has 0 radical (unpaired) electrons. The average Bonchev–Trinajstić information content (AvgIpc) is 2.70. The minimum absolute atomic E-state index is 0.0747. The van der Waals surface area contributed by atoms with Gasteiger partial charge in [0.2, 0.25) is 0 Å². The Hall–Kier alpha value is -1.06. The highest BCUT2D eigenvalue weighted by Gasteiger charge is 2.11. The Kier molecular flexibility index (Phi) is 2.93. The van der Waals surface area contributed by atoms with Gasteiger partial charge in [-0.2, -0.15) is 0 Å². The third-order valence-electron chi connectivity index (χ3n) is 1.95. The maximum absolute atomic E-state index is 13.2. The third-order valence-corrected chi connectivity index (χ3v) is 2.51. The minimum Gasteiger partial charge on any atom is -0.443 e. The van der Waals surface area contributed by atoms with Crippen LogP contribution >= 0.6 is 23.2 Å². The maximum atomic E-state index is 13.2. The van der Waals surface area contributed by atoms with E-state index in [1.807, 2.05) is 0 Å². The lowest BCUT2D eigenvalue weighted by atomic mass is 10.1. The Bertz CT molecular complexity index is 484. The summed E-state index contributed by atoms with van der Waals surface area (Å²) in [5.74, 6) is 0.197. The van der Waals surface area contributed by atoms with Gasteiger partial charge >= 0.3 is 0 Å². The van der Waals surface area contributed by atoms with E-state index >= 15 is 0 Å². The van der Waals surface area contributed by atoms with Crippen LogP contribution in [0.4, 0.5) is 4.39 Å². The van der Waals surface area contributed by atoms with E-state index in [1.165, 1.54) is 18.5 Å². The zero-order chi connectivity index (χ0) is 10.8. The second-order valence-electron chi connectivity index (χ2n) is 2.89. The first-order valence-corrected chi connectivity index (χ1v) is 5.07. The van der Waals surface area contributed by atoms with E-state index < -0.39 is 5.82 Å². The summed E-state index contributed by atoms with van der Waals surface area (Å²) in [6.07, 6.45) is 1.28. The normalized spacial score (nSPS) is 10.6. The van der Waals surface area contributed by atoms with Gasteiger partial charge in [-0.05, 0) is 18.2 Å². The van der Waals surface area contributed by atoms with Crippen LogP contribution in [-0.2, 0) is 5.88 Å². The van der Waals surface area contributed by atoms with E-state index in [2.05, 4.69) is 4.98 Å². The number of aromatic nitrogens is 1. The molecule has 0 saturated heterocycles. The van der Waals surface area contributed by atoms with Crippen LogP contribution in [0.15, 0.2) is 29.0 Å². The molecule has 1 heterocycles. The van der Waals surface area contributed by atoms with Crippen LogP contribution < -0.4 is 0 Å². The first-order valence-electron chi connectivity index (χ1n) is 4.16. The molecular weight excluding hydrogens is 240 g/mol. The Morgan fingerprint density at radius 2 is 2.20 bits per heavy atom. The molecular formula is C10H6Cl2FNO. The van der Waals surface area contributed by atoms with Gasteiger partial charge in [0.15, 0.2) is 12.2 Å². The maximum Gasteiger partial charge on any atom is 0.181 e. The second-order valence-corrected chi connectivity index (χ2v) is 3.57. The van der Waals surface area contributed by atoms with Gasteiger partial charge in [0, 0.05) is 5.56 Å². The molecule has 0 spiro atoms. The lowest BCUT2D eigenvalue weighted by Gasteiger charge is -2.00. The third kappa shape index (κ3) is 1.98. The molecule has 0 N–H and O–H groups in total. The summed E-state index contributed by atoms with van der Waals surface area (Å²) >= 11 is 11.2. The number of hydrogen-bond donors (Lipinski definition) is 0. The fourth-order valence-electron chi connectivity index (χ4n) is 1.24. The second kappa shape index (κ2) is 4.21. The van der Waals surface area contributed by atoms with Crippen molar-refractivity contribution >= 4 is 23.2 Å². The molecule has 0 bridgehead atoms. The molecule has 0 fully saturated rings. The predicted octanol–water partition coefficient (Wildman–Crippen LogP) is 3.87. The van der Waals surface area contributed by atoms with Crippen molar-refractivity contribution in [2.75, 3.05) is 0 Å². The molecule has 1 aromatic heterocycles. The quantitative estimate of drug-likeness (QED) is 0.751. The molecule has 0 amide bonds. The van der Waals surface area contributed by atoms with Crippen molar-refractivity contribution in [3.63, 3.8) is 0 Å². The van der Waals surface area contributed by atoms with Crippen molar-refractivity contribution in [2.24, 2.45) is 0 Å². The zero-order valence-electron chi connectivity index (χ0n) is 7.51. The molecule has 2 nitrogen and oxygen atoms in total. The SMILES string of the molecule is Fc1cc(-c2ocnc2CCl)ccc1Cl. The monoisotopic (exact) mass is 245 g/mol. The molecule has 0 saturated carbocycles. The standard InChI is InChI=1S/C10H6Cl2FNO/c11-4-9-10(15-5-14-9)6-1-2-7(12)8(13)3-6/h1-3,5H,4H2. The Labute approximate surface area is 95.6 Å². The van der Waals surface area contributed by atoms with E-state index in [-0.39, 0.29) is 10.9 Å². The van der Waals surface area contributed by atoms with Gasteiger partial charge < -0.3 is 4.42 Å². The van der Waals surface area contributed by atoms with Crippen LogP contribution in [0.2, 0.25) is 5.02 Å². The molecule has 5 heteroatoms. The van der Waals surface area contributed by atoms with Gasteiger partial charge in [-0.1, -0.05) is 11.6 Å². The van der Waals surface area contributed by atoms with Gasteiger partial charge in [0.25, 0.3) is 0 Å². The van der Waals surface area contributed by atoms with Gasteiger partial charge in [0.1, 0.15) is 11.5 Å². The topological polar surface area (TPSA) is 26.0 Å². The Morgan fingerprint density at radius 1 is 1.40 bits per heavy atom. The van der Waals surface area contributed by atoms with Gasteiger partial charge in [0.05, 0.1) is 10.9 Å². The predicted molar refractivity (Wildman–Crippen MR) is 56.5 cm³/mol. The van der Waals surface area contributed by atoms with Crippen molar-refractivity contribution < 1.29 is 8.81 Å². The van der Waals surface area contributed by atoms with E-state index in [4.69, 9.17) is 27.6 Å². The largest absolute Gasteiger partial charge is 0.443 e. The summed E-state index contributed by atoms with van der Waals surface area (Å²) in [4.78, 5) is 3.91. The Morgan fingerprint density at radius 3 is 2.87 bits per heavy atom. The average molecular weight is 246 g/mol. The van der Waals surface area contributed by atoms with Crippen LogP contribution in [0.3, 0.4) is 0 Å². The van der Waals surface area contributed by atoms with Crippen LogP contribution in [0.1, 0.15) is 5.69 Å². The number of hydrogen-bond acceptors (Lipinski definition) is 2. The molecule has 1 aromatic carbocycles. The number of alkyl halides is 1. The van der Waals surface area contributed by atoms with Gasteiger partial charge in [-0.25, -0.2) is 9.37 Å². The van der Waals surface area contributed by atoms with Crippen molar-refractivity contribution in [3.8, 4) is 11.3 Å². The molecule has 0 aliphatic carbocycles. The van der Waals surface area contributed by atoms with E-state index in [1.54, 1.807) is 6.07 Å². The molecule has 78 valence electrons. The molecule has 2 rings (SSSR count). The molecule has 0 aliphatic rings. The number of benzene rings is 1. The first-order chi connectivity index (χ1) is 7.22. The molecule has 0 atom stereocenters. The van der Waals surface area contributed by atoms with Crippen molar-refractivity contribution in [2.45, 2.75) is 5.88 Å². The van der Waals surface area contributed by atoms with Crippen molar-refractivity contribution in [1.82, 2.24) is 4.98 Å². The summed E-state index contributed by atoms with van der Waals surface area (Å²) in [5.41, 5.74) is 1.16.